The highest BCUT2D eigenvalue weighted by Crippen LogP contribution is 2.40. The fraction of sp³-hybridized carbons (Fsp3) is 0.412. The normalized spacial score (nSPS) is 20.1. The molecule has 6 N–H and O–H groups in total. The summed E-state index contributed by atoms with van der Waals surface area (Å²) < 4.78 is 5.08. The molecule has 16 heteroatoms. The number of carboxylic acids is 1. The van der Waals surface area contributed by atoms with E-state index in [0.29, 0.717) is 0 Å². The molecule has 2 aliphatic rings. The van der Waals surface area contributed by atoms with Crippen LogP contribution in [0.15, 0.2) is 21.8 Å². The number of thioether (sulfide) groups is 1. The minimum atomic E-state index is -1.39. The number of likely N-dealkylation sites (N-methyl/N-ethyl adjacent to an activating group) is 1. The predicted octanol–water partition coefficient (Wildman–Crippen LogP) is -1.30. The molecule has 0 aliphatic carbocycles. The predicted molar refractivity (Wildman–Crippen MR) is 116 cm³/mol. The molecule has 0 bridgehead atoms. The van der Waals surface area contributed by atoms with Gasteiger partial charge < -0.3 is 36.1 Å². The SMILES string of the molecule is CN(CCO)C(=O)OCC1=C(C(=O)O)N2C(=O)C(NC(=O)/C(=N\O)c3csc(N)n3)C2SC1. The molecule has 0 aromatic carbocycles. The number of hydrogen-bond donors (Lipinski definition) is 5. The van der Waals surface area contributed by atoms with Gasteiger partial charge in [0.2, 0.25) is 0 Å². The number of nitrogen functional groups attached to an aromatic ring is 1. The zero-order valence-electron chi connectivity index (χ0n) is 17.1. The Morgan fingerprint density at radius 2 is 2.18 bits per heavy atom. The Kier molecular flexibility index (Phi) is 7.39. The molecule has 1 aromatic heterocycles. The summed E-state index contributed by atoms with van der Waals surface area (Å²) >= 11 is 2.20. The van der Waals surface area contributed by atoms with Gasteiger partial charge in [0.15, 0.2) is 10.8 Å². The lowest BCUT2D eigenvalue weighted by Gasteiger charge is -2.49. The van der Waals surface area contributed by atoms with Gasteiger partial charge in [0.25, 0.3) is 11.8 Å². The lowest BCUT2D eigenvalue weighted by atomic mass is 10.0. The van der Waals surface area contributed by atoms with Crippen molar-refractivity contribution in [2.75, 3.05) is 38.3 Å². The van der Waals surface area contributed by atoms with E-state index >= 15 is 0 Å². The van der Waals surface area contributed by atoms with E-state index in [9.17, 15) is 29.5 Å². The number of nitrogens with one attached hydrogen (secondary N) is 1. The largest absolute Gasteiger partial charge is 0.477 e. The summed E-state index contributed by atoms with van der Waals surface area (Å²) in [5, 5.41) is 33.9. The van der Waals surface area contributed by atoms with Crippen molar-refractivity contribution in [3.05, 3.63) is 22.3 Å². The number of aliphatic hydroxyl groups excluding tert-OH is 1. The third-order valence-electron chi connectivity index (χ3n) is 4.73. The van der Waals surface area contributed by atoms with Gasteiger partial charge >= 0.3 is 12.1 Å². The monoisotopic (exact) mass is 500 g/mol. The summed E-state index contributed by atoms with van der Waals surface area (Å²) in [5.41, 5.74) is 4.99. The molecule has 0 saturated carbocycles. The number of β-lactam (4-membered cyclic amide) rings is 1. The van der Waals surface area contributed by atoms with Crippen LogP contribution in [0.3, 0.4) is 0 Å². The summed E-state index contributed by atoms with van der Waals surface area (Å²) in [6.07, 6.45) is -0.757. The van der Waals surface area contributed by atoms with Gasteiger partial charge in [-0.05, 0) is 0 Å². The first-order valence-electron chi connectivity index (χ1n) is 9.32. The number of hydrogen-bond acceptors (Lipinski definition) is 12. The maximum absolute atomic E-state index is 12.7. The fourth-order valence-electron chi connectivity index (χ4n) is 3.11. The number of rotatable bonds is 8. The van der Waals surface area contributed by atoms with Crippen molar-refractivity contribution in [2.45, 2.75) is 11.4 Å². The fourth-order valence-corrected chi connectivity index (χ4v) is 4.99. The zero-order valence-corrected chi connectivity index (χ0v) is 18.8. The van der Waals surface area contributed by atoms with Crippen molar-refractivity contribution >= 4 is 57.8 Å². The Morgan fingerprint density at radius 3 is 2.76 bits per heavy atom. The molecule has 3 rings (SSSR count). The van der Waals surface area contributed by atoms with Crippen molar-refractivity contribution in [1.29, 1.82) is 0 Å². The molecule has 3 heterocycles. The number of anilines is 1. The van der Waals surface area contributed by atoms with E-state index in [1.165, 1.54) is 24.2 Å². The number of aliphatic carboxylic acids is 1. The highest BCUT2D eigenvalue weighted by atomic mass is 32.2. The molecular weight excluding hydrogens is 480 g/mol. The lowest BCUT2D eigenvalue weighted by Crippen LogP contribution is -2.71. The summed E-state index contributed by atoms with van der Waals surface area (Å²) in [4.78, 5) is 55.0. The molecule has 0 radical (unpaired) electrons. The average molecular weight is 501 g/mol. The summed E-state index contributed by atoms with van der Waals surface area (Å²) in [6.45, 7) is -0.581. The number of aliphatic hydroxyl groups is 1. The van der Waals surface area contributed by atoms with Crippen LogP contribution in [-0.4, -0.2) is 104 Å². The number of aromatic nitrogens is 1. The molecule has 1 saturated heterocycles. The lowest BCUT2D eigenvalue weighted by molar-refractivity contribution is -0.150. The van der Waals surface area contributed by atoms with Crippen LogP contribution in [0, 0.1) is 0 Å². The molecule has 2 aliphatic heterocycles. The summed E-state index contributed by atoms with van der Waals surface area (Å²) in [7, 11) is 1.41. The van der Waals surface area contributed by atoms with Gasteiger partial charge in [-0.3, -0.25) is 14.5 Å². The third-order valence-corrected chi connectivity index (χ3v) is 6.75. The van der Waals surface area contributed by atoms with Crippen LogP contribution in [-0.2, 0) is 19.1 Å². The van der Waals surface area contributed by atoms with Crippen molar-refractivity contribution in [3.63, 3.8) is 0 Å². The second kappa shape index (κ2) is 10.1. The molecule has 14 nitrogen and oxygen atoms in total. The van der Waals surface area contributed by atoms with Gasteiger partial charge in [-0.25, -0.2) is 14.6 Å². The highest BCUT2D eigenvalue weighted by Gasteiger charge is 2.54. The number of carbonyl (C=O) groups is 4. The maximum atomic E-state index is 12.7. The van der Waals surface area contributed by atoms with Crippen molar-refractivity contribution < 1.29 is 39.3 Å². The Bertz CT molecular complexity index is 1040. The Hall–Kier alpha value is -3.37. The maximum Gasteiger partial charge on any atom is 0.409 e. The standard InChI is InChI=1S/C17H20N6O8S2/c1-22(2-3-24)17(29)31-4-7-5-32-14-10(13(26)23(14)11(7)15(27)28)20-12(25)9(21-30)8-6-33-16(18)19-8/h6,10,14,24,30H,2-5H2,1H3,(H2,18,19)(H,20,25)(H,27,28)/b21-9-. The Labute approximate surface area is 194 Å². The molecule has 1 fully saturated rings. The van der Waals surface area contributed by atoms with Crippen LogP contribution in [0.5, 0.6) is 0 Å². The van der Waals surface area contributed by atoms with Crippen LogP contribution in [0.2, 0.25) is 0 Å². The van der Waals surface area contributed by atoms with Crippen molar-refractivity contribution in [3.8, 4) is 0 Å². The number of nitrogens with zero attached hydrogens (tertiary/aromatic N) is 4. The molecule has 2 unspecified atom stereocenters. The van der Waals surface area contributed by atoms with E-state index in [2.05, 4.69) is 15.5 Å². The topological polar surface area (TPSA) is 208 Å². The van der Waals surface area contributed by atoms with Gasteiger partial charge in [-0.15, -0.1) is 23.1 Å². The van der Waals surface area contributed by atoms with E-state index in [-0.39, 0.29) is 47.6 Å². The summed E-state index contributed by atoms with van der Waals surface area (Å²) in [6, 6.07) is -1.07. The number of carbonyl (C=O) groups excluding carboxylic acids is 3. The van der Waals surface area contributed by atoms with E-state index in [1.54, 1.807) is 0 Å². The summed E-state index contributed by atoms with van der Waals surface area (Å²) in [5.74, 6) is -2.82. The highest BCUT2D eigenvalue weighted by molar-refractivity contribution is 8.00. The number of oxime groups is 1. The molecule has 33 heavy (non-hydrogen) atoms. The van der Waals surface area contributed by atoms with Gasteiger partial charge in [0.1, 0.15) is 29.4 Å². The molecular formula is C17H20N6O8S2. The first-order valence-corrected chi connectivity index (χ1v) is 11.3. The van der Waals surface area contributed by atoms with Gasteiger partial charge in [0, 0.05) is 30.3 Å². The molecule has 178 valence electrons. The minimum absolute atomic E-state index is 0.0267. The minimum Gasteiger partial charge on any atom is -0.477 e. The second-order valence-electron chi connectivity index (χ2n) is 6.84. The third kappa shape index (κ3) is 4.86. The van der Waals surface area contributed by atoms with E-state index in [4.69, 9.17) is 15.6 Å². The number of amides is 3. The number of thiazole rings is 1. The number of ether oxygens (including phenoxy) is 1. The molecule has 1 aromatic rings. The molecule has 0 spiro atoms. The van der Waals surface area contributed by atoms with Gasteiger partial charge in [0.05, 0.1) is 6.61 Å². The van der Waals surface area contributed by atoms with Crippen LogP contribution in [0.1, 0.15) is 5.69 Å². The van der Waals surface area contributed by atoms with E-state index < -0.39 is 41.0 Å². The van der Waals surface area contributed by atoms with Crippen LogP contribution >= 0.6 is 23.1 Å². The molecule has 3 amide bonds. The van der Waals surface area contributed by atoms with Crippen LogP contribution < -0.4 is 11.1 Å². The number of fused-ring (bicyclic) bond motifs is 1. The van der Waals surface area contributed by atoms with Crippen molar-refractivity contribution in [1.82, 2.24) is 20.1 Å². The Balaban J connectivity index is 1.71. The molecule has 2 atom stereocenters. The van der Waals surface area contributed by atoms with Gasteiger partial charge in [-0.2, -0.15) is 0 Å². The first-order chi connectivity index (χ1) is 15.7. The van der Waals surface area contributed by atoms with Gasteiger partial charge in [-0.1, -0.05) is 5.16 Å². The second-order valence-corrected chi connectivity index (χ2v) is 8.83. The number of nitrogens with two attached hydrogens (primary N) is 1. The number of carboxylic acid groups (broad SMARTS) is 1. The van der Waals surface area contributed by atoms with E-state index in [1.807, 2.05) is 0 Å². The quantitative estimate of drug-likeness (QED) is 0.123. The van der Waals surface area contributed by atoms with Crippen molar-refractivity contribution in [2.24, 2.45) is 5.16 Å². The zero-order chi connectivity index (χ0) is 24.3. The van der Waals surface area contributed by atoms with E-state index in [0.717, 1.165) is 21.1 Å². The first kappa shape index (κ1) is 24.3. The smallest absolute Gasteiger partial charge is 0.409 e. The average Bonchev–Trinajstić information content (AvgIpc) is 3.21. The van der Waals surface area contributed by atoms with Crippen LogP contribution in [0.25, 0.3) is 0 Å². The van der Waals surface area contributed by atoms with Crippen LogP contribution in [0.4, 0.5) is 9.93 Å². The Morgan fingerprint density at radius 1 is 1.45 bits per heavy atom.